The zero-order valence-corrected chi connectivity index (χ0v) is 59.3. The second-order valence-corrected chi connectivity index (χ2v) is 28.4. The normalized spacial score (nSPS) is 12.0. The molecule has 111 heavy (non-hydrogen) atoms. The number of benzene rings is 15. The molecule has 7 heterocycles. The Morgan fingerprint density at radius 3 is 1.34 bits per heavy atom. The maximum absolute atomic E-state index is 7.02. The van der Waals surface area contributed by atoms with Crippen LogP contribution in [0.2, 0.25) is 0 Å². The molecule has 1 aliphatic rings. The third-order valence-electron chi connectivity index (χ3n) is 22.2. The predicted molar refractivity (Wildman–Crippen MR) is 449 cm³/mol. The molecule has 0 bridgehead atoms. The monoisotopic (exact) mass is 1420 g/mol. The van der Waals surface area contributed by atoms with Gasteiger partial charge in [-0.05, 0) is 136 Å². The van der Waals surface area contributed by atoms with Crippen molar-refractivity contribution in [3.05, 3.63) is 346 Å². The first-order valence-electron chi connectivity index (χ1n) is 37.2. The molecule has 15 aromatic carbocycles. The van der Waals surface area contributed by atoms with E-state index in [4.69, 9.17) is 48.7 Å². The first-order valence-corrected chi connectivity index (χ1v) is 37.2. The Bertz CT molecular complexity index is 7580. The van der Waals surface area contributed by atoms with Crippen molar-refractivity contribution in [2.75, 3.05) is 0 Å². The highest BCUT2D eigenvalue weighted by Crippen LogP contribution is 2.53. The van der Waals surface area contributed by atoms with Crippen molar-refractivity contribution in [3.8, 4) is 141 Å². The van der Waals surface area contributed by atoms with Gasteiger partial charge in [0.2, 0.25) is 0 Å². The largest absolute Gasteiger partial charge is 0.456 e. The van der Waals surface area contributed by atoms with E-state index in [0.29, 0.717) is 57.5 Å². The molecule has 0 unspecified atom stereocenters. The second-order valence-electron chi connectivity index (χ2n) is 28.4. The molecular formula is C100H57N9O2. The molecule has 0 amide bonds. The van der Waals surface area contributed by atoms with E-state index in [0.717, 1.165) is 127 Å². The maximum Gasteiger partial charge on any atom is 0.183 e. The summed E-state index contributed by atoms with van der Waals surface area (Å²) in [5, 5.41) is 12.9. The average Bonchev–Trinajstić information content (AvgIpc) is 1.57. The third-order valence-corrected chi connectivity index (χ3v) is 22.2. The van der Waals surface area contributed by atoms with Crippen LogP contribution in [0.5, 0.6) is 0 Å². The molecule has 0 atom stereocenters. The van der Waals surface area contributed by atoms with Gasteiger partial charge in [-0.15, -0.1) is 0 Å². The van der Waals surface area contributed by atoms with E-state index < -0.39 is 0 Å². The van der Waals surface area contributed by atoms with E-state index in [1.807, 2.05) is 91.1 Å². The van der Waals surface area contributed by atoms with Gasteiger partial charge in [-0.1, -0.05) is 285 Å². The van der Waals surface area contributed by atoms with Crippen molar-refractivity contribution in [1.82, 2.24) is 44.4 Å². The molecule has 23 rings (SSSR count). The minimum atomic E-state index is 0.451. The maximum atomic E-state index is 7.02. The lowest BCUT2D eigenvalue weighted by Crippen LogP contribution is -2.02. The highest BCUT2D eigenvalue weighted by molar-refractivity contribution is 6.23. The van der Waals surface area contributed by atoms with E-state index in [9.17, 15) is 0 Å². The van der Waals surface area contributed by atoms with Crippen LogP contribution in [-0.4, -0.2) is 44.4 Å². The van der Waals surface area contributed by atoms with Gasteiger partial charge in [0.15, 0.2) is 34.9 Å². The molecular weight excluding hydrogens is 1360 g/mol. The highest BCUT2D eigenvalue weighted by Gasteiger charge is 2.29. The number of para-hydroxylation sites is 3. The SMILES string of the molecule is c1ccc(-c2nc(-c3ccc(-c4cccc5c(-c6ccc7c(c6)-c6ccc(-c8cnc(-c9nc(-c%10ccccc%10)nc(-c%10ccc(-c%11cccc%12ccccc%11%12)cc%10)n9)c9c8oc8ccccc89)c8cccc-7c68)cccc45)cc3)nc(-c3nccc4oc5cc(-n6c7ccccc7c7ccccc76)ccc5c34)n2)cc1. The zero-order valence-electron chi connectivity index (χ0n) is 59.3. The van der Waals surface area contributed by atoms with Gasteiger partial charge in [-0.25, -0.2) is 29.9 Å². The van der Waals surface area contributed by atoms with Crippen LogP contribution in [0, 0.1) is 0 Å². The first-order chi connectivity index (χ1) is 55.0. The Morgan fingerprint density at radius 2 is 0.685 bits per heavy atom. The van der Waals surface area contributed by atoms with E-state index in [1.165, 1.54) is 54.7 Å². The first kappa shape index (κ1) is 62.0. The van der Waals surface area contributed by atoms with Crippen LogP contribution in [0.3, 0.4) is 0 Å². The van der Waals surface area contributed by atoms with Gasteiger partial charge in [-0.2, -0.15) is 0 Å². The number of furan rings is 2. The van der Waals surface area contributed by atoms with Crippen molar-refractivity contribution < 1.29 is 8.83 Å². The van der Waals surface area contributed by atoms with Crippen LogP contribution in [0.25, 0.3) is 239 Å². The topological polar surface area (TPSA) is 134 Å². The molecule has 0 saturated heterocycles. The van der Waals surface area contributed by atoms with Gasteiger partial charge in [0, 0.05) is 73.5 Å². The number of hydrogen-bond donors (Lipinski definition) is 0. The fraction of sp³-hybridized carbons (Fsp3) is 0. The quantitative estimate of drug-likeness (QED) is 0.123. The Labute approximate surface area is 634 Å². The van der Waals surface area contributed by atoms with Crippen molar-refractivity contribution in [2.45, 2.75) is 0 Å². The molecule has 1 aliphatic carbocycles. The summed E-state index contributed by atoms with van der Waals surface area (Å²) in [5.41, 5.74) is 24.2. The van der Waals surface area contributed by atoms with Crippen molar-refractivity contribution in [2.24, 2.45) is 0 Å². The fourth-order valence-electron chi connectivity index (χ4n) is 17.1. The van der Waals surface area contributed by atoms with Crippen LogP contribution < -0.4 is 0 Å². The van der Waals surface area contributed by atoms with Gasteiger partial charge in [0.05, 0.1) is 21.8 Å². The highest BCUT2D eigenvalue weighted by atomic mass is 16.3. The smallest absolute Gasteiger partial charge is 0.183 e. The molecule has 0 aliphatic heterocycles. The summed E-state index contributed by atoms with van der Waals surface area (Å²) < 4.78 is 16.0. The third kappa shape index (κ3) is 9.93. The van der Waals surface area contributed by atoms with Gasteiger partial charge in [0.1, 0.15) is 33.7 Å². The van der Waals surface area contributed by atoms with Crippen molar-refractivity contribution in [3.63, 3.8) is 0 Å². The lowest BCUT2D eigenvalue weighted by Gasteiger charge is -2.13. The molecule has 7 aromatic heterocycles. The Kier molecular flexibility index (Phi) is 13.8. The van der Waals surface area contributed by atoms with Crippen LogP contribution in [0.4, 0.5) is 0 Å². The molecule has 0 N–H and O–H groups in total. The Morgan fingerprint density at radius 1 is 0.225 bits per heavy atom. The lowest BCUT2D eigenvalue weighted by molar-refractivity contribution is 0.668. The number of fused-ring (bicyclic) bond motifs is 14. The van der Waals surface area contributed by atoms with Crippen LogP contribution in [0.1, 0.15) is 0 Å². The summed E-state index contributed by atoms with van der Waals surface area (Å²) >= 11 is 0. The number of aromatic nitrogens is 9. The predicted octanol–water partition coefficient (Wildman–Crippen LogP) is 25.5. The molecule has 514 valence electrons. The van der Waals surface area contributed by atoms with Crippen LogP contribution >= 0.6 is 0 Å². The van der Waals surface area contributed by atoms with Gasteiger partial charge >= 0.3 is 0 Å². The van der Waals surface area contributed by atoms with E-state index >= 15 is 0 Å². The van der Waals surface area contributed by atoms with E-state index in [2.05, 4.69) is 253 Å². The molecule has 22 aromatic rings. The van der Waals surface area contributed by atoms with Crippen molar-refractivity contribution >= 4 is 98.0 Å². The molecule has 0 fully saturated rings. The summed E-state index contributed by atoms with van der Waals surface area (Å²) in [7, 11) is 0. The number of hydrogen-bond acceptors (Lipinski definition) is 10. The average molecular weight is 1420 g/mol. The minimum absolute atomic E-state index is 0.451. The van der Waals surface area contributed by atoms with Gasteiger partial charge in [0.25, 0.3) is 0 Å². The summed E-state index contributed by atoms with van der Waals surface area (Å²) in [5.74, 6) is 3.08. The molecule has 11 nitrogen and oxygen atoms in total. The standard InChI is InChI=1S/C100H57N9O2/c1-3-20-61(21-4-1)95-103-97(107-99(105-95)92-90-81-50-48-66(56-88(81)110-87(90)53-54-101-92)109-84-36-12-9-26-75(84)76-27-10-13-37-85(76)109)64-45-41-60(42-46-64)69-30-16-33-72-70(31-17-32-71(69)72)65-47-49-73-77-34-18-35-78-74(51-52-79(89(77)78)82(73)55-65)83-57-102-93(91-80-28-11-14-38-86(80)111-94(83)91)100-106-96(62-22-5-2-6-23-62)104-98(108-100)63-43-39-59(40-44-63)68-29-15-24-58-19-7-8-25-67(58)68/h1-57H. The summed E-state index contributed by atoms with van der Waals surface area (Å²) in [6, 6.07) is 117. The Hall–Kier alpha value is -15.2. The summed E-state index contributed by atoms with van der Waals surface area (Å²) in [6.45, 7) is 0. The molecule has 0 spiro atoms. The van der Waals surface area contributed by atoms with Gasteiger partial charge in [-0.3, -0.25) is 9.97 Å². The summed E-state index contributed by atoms with van der Waals surface area (Å²) in [4.78, 5) is 41.6. The fourth-order valence-corrected chi connectivity index (χ4v) is 17.1. The Balaban J connectivity index is 0.579. The van der Waals surface area contributed by atoms with Crippen LogP contribution in [0.15, 0.2) is 355 Å². The lowest BCUT2D eigenvalue weighted by atomic mass is 9.91. The van der Waals surface area contributed by atoms with Gasteiger partial charge < -0.3 is 13.4 Å². The van der Waals surface area contributed by atoms with Crippen LogP contribution in [-0.2, 0) is 0 Å². The number of pyridine rings is 2. The zero-order chi connectivity index (χ0) is 72.8. The summed E-state index contributed by atoms with van der Waals surface area (Å²) in [6.07, 6.45) is 3.71. The minimum Gasteiger partial charge on any atom is -0.456 e. The second kappa shape index (κ2) is 24.7. The van der Waals surface area contributed by atoms with Crippen molar-refractivity contribution in [1.29, 1.82) is 0 Å². The molecule has 11 heteroatoms. The van der Waals surface area contributed by atoms with E-state index in [-0.39, 0.29) is 0 Å². The number of nitrogens with zero attached hydrogens (tertiary/aromatic N) is 9. The molecule has 0 radical (unpaired) electrons. The number of rotatable bonds is 11. The van der Waals surface area contributed by atoms with E-state index in [1.54, 1.807) is 6.20 Å². The molecule has 0 saturated carbocycles.